The van der Waals surface area contributed by atoms with Crippen LogP contribution in [0.4, 0.5) is 0 Å². The van der Waals surface area contributed by atoms with Crippen LogP contribution < -0.4 is 5.32 Å². The van der Waals surface area contributed by atoms with Crippen LogP contribution in [0.15, 0.2) is 64.5 Å². The van der Waals surface area contributed by atoms with Gasteiger partial charge in [0, 0.05) is 4.48 Å². The molecule has 1 N–H and O–H groups in total. The van der Waals surface area contributed by atoms with Crippen LogP contribution in [0.3, 0.4) is 0 Å². The highest BCUT2D eigenvalue weighted by atomic mass is 79.9. The molecule has 0 aliphatic heterocycles. The highest BCUT2D eigenvalue weighted by molar-refractivity contribution is 9.11. The van der Waals surface area contributed by atoms with Crippen molar-refractivity contribution in [2.45, 2.75) is 25.4 Å². The molecule has 0 fully saturated rings. The number of carbonyl (C=O) groups is 1. The fraction of sp³-hybridized carbons (Fsp3) is 0.200. The Morgan fingerprint density at radius 3 is 2.92 bits per heavy atom. The second kappa shape index (κ2) is 6.85. The van der Waals surface area contributed by atoms with E-state index in [2.05, 4.69) is 27.3 Å². The molecule has 1 amide bonds. The van der Waals surface area contributed by atoms with Gasteiger partial charge in [0.2, 0.25) is 5.91 Å². The summed E-state index contributed by atoms with van der Waals surface area (Å²) in [4.78, 5) is 18.6. The van der Waals surface area contributed by atoms with Crippen LogP contribution in [-0.4, -0.2) is 21.0 Å². The van der Waals surface area contributed by atoms with E-state index in [4.69, 9.17) is 4.98 Å². The molecule has 0 spiro atoms. The Labute approximate surface area is 164 Å². The number of para-hydroxylation sites is 2. The Balaban J connectivity index is 1.63. The fourth-order valence-corrected chi connectivity index (χ4v) is 4.15. The van der Waals surface area contributed by atoms with Crippen molar-refractivity contribution >= 4 is 44.2 Å². The van der Waals surface area contributed by atoms with E-state index < -0.39 is 0 Å². The predicted molar refractivity (Wildman–Crippen MR) is 110 cm³/mol. The lowest BCUT2D eigenvalue weighted by atomic mass is 9.93. The van der Waals surface area contributed by atoms with Gasteiger partial charge < -0.3 is 9.88 Å². The van der Waals surface area contributed by atoms with Crippen molar-refractivity contribution in [2.75, 3.05) is 0 Å². The summed E-state index contributed by atoms with van der Waals surface area (Å²) in [7, 11) is 0. The third-order valence-corrected chi connectivity index (χ3v) is 5.91. The lowest BCUT2D eigenvalue weighted by Gasteiger charge is -2.29. The molecule has 0 saturated heterocycles. The summed E-state index contributed by atoms with van der Waals surface area (Å²) in [5, 5.41) is 5.18. The molecule has 1 atom stereocenters. The summed E-state index contributed by atoms with van der Waals surface area (Å²) in [6.45, 7) is 2.27. The topological polar surface area (TPSA) is 46.9 Å². The highest BCUT2D eigenvalue weighted by Crippen LogP contribution is 2.28. The smallest absolute Gasteiger partial charge is 0.240 e. The molecule has 2 aromatic heterocycles. The predicted octanol–water partition coefficient (Wildman–Crippen LogP) is 4.88. The van der Waals surface area contributed by atoms with Gasteiger partial charge in [-0.15, -0.1) is 11.3 Å². The number of halogens is 1. The van der Waals surface area contributed by atoms with E-state index in [1.165, 1.54) is 0 Å². The van der Waals surface area contributed by atoms with E-state index in [1.54, 1.807) is 11.3 Å². The zero-order valence-electron chi connectivity index (χ0n) is 14.3. The average molecular weight is 428 g/mol. The first kappa shape index (κ1) is 17.2. The number of rotatable bonds is 4. The molecule has 1 aliphatic carbocycles. The summed E-state index contributed by atoms with van der Waals surface area (Å²) in [6.07, 6.45) is 6.84. The van der Waals surface area contributed by atoms with Crippen LogP contribution in [0.2, 0.25) is 0 Å². The number of amides is 1. The molecular weight excluding hydrogens is 410 g/mol. The molecule has 3 aromatic rings. The average Bonchev–Trinajstić information content (AvgIpc) is 3.26. The number of nitrogens with one attached hydrogen (secondary N) is 1. The van der Waals surface area contributed by atoms with Gasteiger partial charge in [0.1, 0.15) is 6.54 Å². The quantitative estimate of drug-likeness (QED) is 0.644. The van der Waals surface area contributed by atoms with Gasteiger partial charge in [0.15, 0.2) is 5.82 Å². The van der Waals surface area contributed by atoms with Gasteiger partial charge in [-0.05, 0) is 43.0 Å². The van der Waals surface area contributed by atoms with Crippen LogP contribution in [-0.2, 0) is 11.3 Å². The number of hydrogen-bond acceptors (Lipinski definition) is 3. The van der Waals surface area contributed by atoms with E-state index in [0.717, 1.165) is 32.6 Å². The van der Waals surface area contributed by atoms with Gasteiger partial charge in [-0.25, -0.2) is 4.98 Å². The van der Waals surface area contributed by atoms with Crippen LogP contribution in [0.1, 0.15) is 13.3 Å². The molecule has 0 saturated carbocycles. The molecular formula is C20H18BrN3OS. The second-order valence-corrected chi connectivity index (χ2v) is 8.44. The molecule has 4 nitrogen and oxygen atoms in total. The molecule has 6 heteroatoms. The Bertz CT molecular complexity index is 1020. The number of aromatic nitrogens is 2. The van der Waals surface area contributed by atoms with E-state index in [1.807, 2.05) is 65.4 Å². The van der Waals surface area contributed by atoms with Gasteiger partial charge in [-0.3, -0.25) is 4.79 Å². The normalized spacial score (nSPS) is 19.5. The first-order valence-electron chi connectivity index (χ1n) is 8.39. The van der Waals surface area contributed by atoms with Crippen molar-refractivity contribution in [3.63, 3.8) is 0 Å². The molecule has 1 unspecified atom stereocenters. The van der Waals surface area contributed by atoms with E-state index >= 15 is 0 Å². The van der Waals surface area contributed by atoms with Gasteiger partial charge in [-0.1, -0.05) is 46.3 Å². The lowest BCUT2D eigenvalue weighted by Crippen LogP contribution is -2.46. The standard InChI is InChI=1S/C20H18BrN3OS/c1-20(10-8-14(21)9-11-20)23-18(25)13-24-16-6-3-2-5-15(16)22-19(24)17-7-4-12-26-17/h2-10,12H,11,13H2,1H3,(H,23,25). The zero-order chi connectivity index (χ0) is 18.1. The Kier molecular flexibility index (Phi) is 4.54. The van der Waals surface area contributed by atoms with Crippen molar-refractivity contribution in [3.8, 4) is 10.7 Å². The maximum Gasteiger partial charge on any atom is 0.240 e. The maximum absolute atomic E-state index is 12.8. The summed E-state index contributed by atoms with van der Waals surface area (Å²) < 4.78 is 3.04. The monoisotopic (exact) mass is 427 g/mol. The number of thiophene rings is 1. The molecule has 2 heterocycles. The first-order chi connectivity index (χ1) is 12.5. The van der Waals surface area contributed by atoms with Crippen molar-refractivity contribution < 1.29 is 4.79 Å². The number of allylic oxidation sites excluding steroid dienone is 2. The lowest BCUT2D eigenvalue weighted by molar-refractivity contribution is -0.122. The Morgan fingerprint density at radius 2 is 2.19 bits per heavy atom. The van der Waals surface area contributed by atoms with Crippen LogP contribution >= 0.6 is 27.3 Å². The Hall–Kier alpha value is -2.18. The number of benzene rings is 1. The molecule has 26 heavy (non-hydrogen) atoms. The van der Waals surface area contributed by atoms with Crippen LogP contribution in [0.5, 0.6) is 0 Å². The third-order valence-electron chi connectivity index (χ3n) is 4.45. The van der Waals surface area contributed by atoms with E-state index in [9.17, 15) is 4.79 Å². The third kappa shape index (κ3) is 3.39. The van der Waals surface area contributed by atoms with Crippen LogP contribution in [0, 0.1) is 0 Å². The van der Waals surface area contributed by atoms with Gasteiger partial charge in [0.25, 0.3) is 0 Å². The van der Waals surface area contributed by atoms with Gasteiger partial charge in [-0.2, -0.15) is 0 Å². The highest BCUT2D eigenvalue weighted by Gasteiger charge is 2.25. The number of hydrogen-bond donors (Lipinski definition) is 1. The minimum Gasteiger partial charge on any atom is -0.346 e. The fourth-order valence-electron chi connectivity index (χ4n) is 3.13. The molecule has 0 radical (unpaired) electrons. The van der Waals surface area contributed by atoms with Crippen molar-refractivity contribution in [3.05, 3.63) is 64.5 Å². The minimum atomic E-state index is -0.367. The molecule has 4 rings (SSSR count). The molecule has 1 aliphatic rings. The number of imidazole rings is 1. The van der Waals surface area contributed by atoms with E-state index in [0.29, 0.717) is 0 Å². The SMILES string of the molecule is CC1(NC(=O)Cn2c(-c3cccs3)nc3ccccc32)C=CC(Br)=CC1. The van der Waals surface area contributed by atoms with Crippen molar-refractivity contribution in [2.24, 2.45) is 0 Å². The number of fused-ring (bicyclic) bond motifs is 1. The molecule has 0 bridgehead atoms. The molecule has 132 valence electrons. The van der Waals surface area contributed by atoms with Crippen LogP contribution in [0.25, 0.3) is 21.7 Å². The maximum atomic E-state index is 12.8. The van der Waals surface area contributed by atoms with E-state index in [-0.39, 0.29) is 18.0 Å². The Morgan fingerprint density at radius 1 is 1.35 bits per heavy atom. The van der Waals surface area contributed by atoms with Crippen molar-refractivity contribution in [1.82, 2.24) is 14.9 Å². The van der Waals surface area contributed by atoms with Gasteiger partial charge in [0.05, 0.1) is 21.4 Å². The number of carbonyl (C=O) groups excluding carboxylic acids is 1. The van der Waals surface area contributed by atoms with Gasteiger partial charge >= 0.3 is 0 Å². The van der Waals surface area contributed by atoms with Crippen molar-refractivity contribution in [1.29, 1.82) is 0 Å². The summed E-state index contributed by atoms with van der Waals surface area (Å²) in [5.74, 6) is 0.813. The minimum absolute atomic E-state index is 0.0236. The number of nitrogens with zero attached hydrogens (tertiary/aromatic N) is 2. The summed E-state index contributed by atoms with van der Waals surface area (Å²) in [5.41, 5.74) is 1.51. The first-order valence-corrected chi connectivity index (χ1v) is 10.1. The largest absolute Gasteiger partial charge is 0.346 e. The second-order valence-electron chi connectivity index (χ2n) is 6.58. The summed E-state index contributed by atoms with van der Waals surface area (Å²) >= 11 is 5.09. The summed E-state index contributed by atoms with van der Waals surface area (Å²) in [6, 6.07) is 12.0. The zero-order valence-corrected chi connectivity index (χ0v) is 16.7. The molecule has 1 aromatic carbocycles.